The van der Waals surface area contributed by atoms with E-state index < -0.39 is 0 Å². The Morgan fingerprint density at radius 2 is 1.54 bits per heavy atom. The van der Waals surface area contributed by atoms with Crippen LogP contribution >= 0.6 is 0 Å². The molecule has 3 aromatic rings. The van der Waals surface area contributed by atoms with Gasteiger partial charge in [0.05, 0.1) is 19.8 Å². The van der Waals surface area contributed by atoms with Crippen LogP contribution in [0.5, 0.6) is 23.1 Å². The van der Waals surface area contributed by atoms with Crippen LogP contribution in [0.25, 0.3) is 0 Å². The molecule has 0 bridgehead atoms. The zero-order valence-electron chi connectivity index (χ0n) is 20.1. The van der Waals surface area contributed by atoms with Crippen molar-refractivity contribution in [1.29, 1.82) is 0 Å². The number of hydrogen-bond donors (Lipinski definition) is 2. The third kappa shape index (κ3) is 8.66. The summed E-state index contributed by atoms with van der Waals surface area (Å²) in [7, 11) is 0. The van der Waals surface area contributed by atoms with Gasteiger partial charge in [-0.3, -0.25) is 9.59 Å². The number of rotatable bonds is 13. The molecule has 0 aliphatic rings. The lowest BCUT2D eigenvalue weighted by Crippen LogP contribution is -2.36. The molecule has 0 spiro atoms. The van der Waals surface area contributed by atoms with Crippen LogP contribution in [-0.4, -0.2) is 36.6 Å². The monoisotopic (exact) mass is 477 g/mol. The summed E-state index contributed by atoms with van der Waals surface area (Å²) in [6.07, 6.45) is 3.65. The molecule has 35 heavy (non-hydrogen) atoms. The lowest BCUT2D eigenvalue weighted by Gasteiger charge is -2.10. The lowest BCUT2D eigenvalue weighted by atomic mass is 10.2. The topological polar surface area (TPSA) is 98.8 Å². The van der Waals surface area contributed by atoms with Gasteiger partial charge in [-0.2, -0.15) is 0 Å². The predicted octanol–water partition coefficient (Wildman–Crippen LogP) is 4.50. The SMILES string of the molecule is CCCCOc1ccc(C(=O)NCC(=O)NCc2ccnc(Oc3ccc(OCC)cc3)c2)cc1. The number of aromatic nitrogens is 1. The van der Waals surface area contributed by atoms with E-state index >= 15 is 0 Å². The molecule has 0 aliphatic carbocycles. The van der Waals surface area contributed by atoms with E-state index in [0.717, 1.165) is 29.9 Å². The van der Waals surface area contributed by atoms with E-state index in [1.807, 2.05) is 19.1 Å². The summed E-state index contributed by atoms with van der Waals surface area (Å²) >= 11 is 0. The number of nitrogens with zero attached hydrogens (tertiary/aromatic N) is 1. The van der Waals surface area contributed by atoms with Gasteiger partial charge in [0.1, 0.15) is 17.2 Å². The number of benzene rings is 2. The fourth-order valence-electron chi connectivity index (χ4n) is 3.07. The lowest BCUT2D eigenvalue weighted by molar-refractivity contribution is -0.120. The molecule has 184 valence electrons. The van der Waals surface area contributed by atoms with Crippen LogP contribution in [0.2, 0.25) is 0 Å². The second kappa shape index (κ2) is 13.6. The Hall–Kier alpha value is -4.07. The molecule has 0 unspecified atom stereocenters. The first-order valence-electron chi connectivity index (χ1n) is 11.7. The van der Waals surface area contributed by atoms with Crippen LogP contribution < -0.4 is 24.8 Å². The number of pyridine rings is 1. The zero-order chi connectivity index (χ0) is 24.9. The number of carbonyl (C=O) groups excluding carboxylic acids is 2. The fourth-order valence-corrected chi connectivity index (χ4v) is 3.07. The summed E-state index contributed by atoms with van der Waals surface area (Å²) in [4.78, 5) is 28.7. The Morgan fingerprint density at radius 1 is 0.857 bits per heavy atom. The molecule has 8 nitrogen and oxygen atoms in total. The van der Waals surface area contributed by atoms with Crippen molar-refractivity contribution in [2.24, 2.45) is 0 Å². The van der Waals surface area contributed by atoms with Crippen LogP contribution in [0.4, 0.5) is 0 Å². The van der Waals surface area contributed by atoms with Crippen molar-refractivity contribution in [2.75, 3.05) is 19.8 Å². The Morgan fingerprint density at radius 3 is 2.26 bits per heavy atom. The first kappa shape index (κ1) is 25.6. The largest absolute Gasteiger partial charge is 0.494 e. The minimum absolute atomic E-state index is 0.131. The molecule has 2 amide bonds. The Bertz CT molecular complexity index is 1080. The van der Waals surface area contributed by atoms with Gasteiger partial charge in [-0.25, -0.2) is 4.98 Å². The number of nitrogens with one attached hydrogen (secondary N) is 2. The summed E-state index contributed by atoms with van der Waals surface area (Å²) in [5.41, 5.74) is 1.28. The van der Waals surface area contributed by atoms with Crippen molar-refractivity contribution in [2.45, 2.75) is 33.2 Å². The summed E-state index contributed by atoms with van der Waals surface area (Å²) in [6, 6.07) is 17.7. The quantitative estimate of drug-likeness (QED) is 0.352. The van der Waals surface area contributed by atoms with E-state index in [2.05, 4.69) is 22.5 Å². The Balaban J connectivity index is 1.42. The standard InChI is InChI=1S/C27H31N3O5/c1-3-5-16-34-23-8-6-21(7-9-23)27(32)30-19-25(31)29-18-20-14-15-28-26(17-20)35-24-12-10-22(11-13-24)33-4-2/h6-15,17H,3-5,16,18-19H2,1-2H3,(H,29,31)(H,30,32). The average molecular weight is 478 g/mol. The van der Waals surface area contributed by atoms with E-state index in [0.29, 0.717) is 30.4 Å². The molecule has 2 N–H and O–H groups in total. The highest BCUT2D eigenvalue weighted by atomic mass is 16.5. The molecule has 0 radical (unpaired) electrons. The van der Waals surface area contributed by atoms with E-state index in [1.165, 1.54) is 0 Å². The Kier molecular flexibility index (Phi) is 9.92. The second-order valence-electron chi connectivity index (χ2n) is 7.69. The number of ether oxygens (including phenoxy) is 3. The molecular weight excluding hydrogens is 446 g/mol. The van der Waals surface area contributed by atoms with E-state index in [1.54, 1.807) is 54.7 Å². The molecule has 0 aliphatic heterocycles. The second-order valence-corrected chi connectivity index (χ2v) is 7.69. The van der Waals surface area contributed by atoms with Crippen molar-refractivity contribution in [1.82, 2.24) is 15.6 Å². The molecular formula is C27H31N3O5. The van der Waals surface area contributed by atoms with E-state index in [4.69, 9.17) is 14.2 Å². The van der Waals surface area contributed by atoms with Crippen molar-refractivity contribution in [3.63, 3.8) is 0 Å². The van der Waals surface area contributed by atoms with Gasteiger partial charge in [0.15, 0.2) is 0 Å². The maximum Gasteiger partial charge on any atom is 0.251 e. The van der Waals surface area contributed by atoms with Gasteiger partial charge in [-0.05, 0) is 73.5 Å². The molecule has 1 heterocycles. The third-order valence-corrected chi connectivity index (χ3v) is 4.94. The third-order valence-electron chi connectivity index (χ3n) is 4.94. The molecule has 0 atom stereocenters. The fraction of sp³-hybridized carbons (Fsp3) is 0.296. The van der Waals surface area contributed by atoms with Gasteiger partial charge in [0.25, 0.3) is 5.91 Å². The van der Waals surface area contributed by atoms with Gasteiger partial charge in [0.2, 0.25) is 11.8 Å². The van der Waals surface area contributed by atoms with Crippen LogP contribution in [0.3, 0.4) is 0 Å². The first-order valence-corrected chi connectivity index (χ1v) is 11.7. The molecule has 0 fully saturated rings. The summed E-state index contributed by atoms with van der Waals surface area (Å²) in [5, 5.41) is 5.41. The molecule has 1 aromatic heterocycles. The highest BCUT2D eigenvalue weighted by Gasteiger charge is 2.09. The normalized spacial score (nSPS) is 10.3. The highest BCUT2D eigenvalue weighted by molar-refractivity contribution is 5.96. The molecule has 0 saturated heterocycles. The number of unbranched alkanes of at least 4 members (excludes halogenated alkanes) is 1. The predicted molar refractivity (Wildman–Crippen MR) is 133 cm³/mol. The number of carbonyl (C=O) groups is 2. The Labute approximate surface area is 205 Å². The highest BCUT2D eigenvalue weighted by Crippen LogP contribution is 2.23. The van der Waals surface area contributed by atoms with Gasteiger partial charge in [-0.1, -0.05) is 13.3 Å². The smallest absolute Gasteiger partial charge is 0.251 e. The average Bonchev–Trinajstić information content (AvgIpc) is 2.88. The summed E-state index contributed by atoms with van der Waals surface area (Å²) < 4.78 is 16.8. The van der Waals surface area contributed by atoms with Crippen molar-refractivity contribution >= 4 is 11.8 Å². The molecule has 2 aromatic carbocycles. The van der Waals surface area contributed by atoms with Crippen molar-refractivity contribution in [3.8, 4) is 23.1 Å². The summed E-state index contributed by atoms with van der Waals surface area (Å²) in [6.45, 7) is 5.42. The molecule has 0 saturated carbocycles. The van der Waals surface area contributed by atoms with Crippen LogP contribution in [-0.2, 0) is 11.3 Å². The van der Waals surface area contributed by atoms with Gasteiger partial charge < -0.3 is 24.8 Å². The maximum atomic E-state index is 12.3. The minimum atomic E-state index is -0.324. The zero-order valence-corrected chi connectivity index (χ0v) is 20.1. The van der Waals surface area contributed by atoms with E-state index in [-0.39, 0.29) is 24.9 Å². The van der Waals surface area contributed by atoms with Crippen LogP contribution in [0.1, 0.15) is 42.6 Å². The van der Waals surface area contributed by atoms with E-state index in [9.17, 15) is 9.59 Å². The number of amides is 2. The van der Waals surface area contributed by atoms with Gasteiger partial charge in [0, 0.05) is 24.4 Å². The van der Waals surface area contributed by atoms with Gasteiger partial charge >= 0.3 is 0 Å². The van der Waals surface area contributed by atoms with Crippen LogP contribution in [0.15, 0.2) is 66.9 Å². The summed E-state index contributed by atoms with van der Waals surface area (Å²) in [5.74, 6) is 1.90. The minimum Gasteiger partial charge on any atom is -0.494 e. The van der Waals surface area contributed by atoms with Crippen molar-refractivity contribution < 1.29 is 23.8 Å². The first-order chi connectivity index (χ1) is 17.1. The number of hydrogen-bond acceptors (Lipinski definition) is 6. The maximum absolute atomic E-state index is 12.3. The molecule has 8 heteroatoms. The van der Waals surface area contributed by atoms with Gasteiger partial charge in [-0.15, -0.1) is 0 Å². The molecule has 3 rings (SSSR count). The van der Waals surface area contributed by atoms with Crippen LogP contribution in [0, 0.1) is 0 Å². The van der Waals surface area contributed by atoms with Crippen molar-refractivity contribution in [3.05, 3.63) is 78.0 Å².